The third-order valence-electron chi connectivity index (χ3n) is 3.72. The summed E-state index contributed by atoms with van der Waals surface area (Å²) in [4.78, 5) is 6.64. The second-order valence-corrected chi connectivity index (χ2v) is 5.09. The molecule has 2 heterocycles. The normalized spacial score (nSPS) is 13.9. The van der Waals surface area contributed by atoms with Crippen molar-refractivity contribution in [3.8, 4) is 5.88 Å². The summed E-state index contributed by atoms with van der Waals surface area (Å²) in [5.41, 5.74) is 10.4. The van der Waals surface area contributed by atoms with E-state index in [9.17, 15) is 0 Å². The molecule has 1 aromatic heterocycles. The number of pyridine rings is 1. The van der Waals surface area contributed by atoms with Gasteiger partial charge < -0.3 is 15.4 Å². The maximum absolute atomic E-state index is 5.88. The Morgan fingerprint density at radius 1 is 1.35 bits per heavy atom. The molecule has 0 atom stereocenters. The number of hydrogen-bond donors (Lipinski definition) is 1. The quantitative estimate of drug-likeness (QED) is 0.870. The van der Waals surface area contributed by atoms with Gasteiger partial charge in [0.25, 0.3) is 0 Å². The summed E-state index contributed by atoms with van der Waals surface area (Å²) in [6.45, 7) is 1.86. The lowest BCUT2D eigenvalue weighted by Gasteiger charge is -2.31. The molecule has 104 valence electrons. The largest absolute Gasteiger partial charge is 0.481 e. The standard InChI is InChI=1S/C16H19N3O/c1-20-16-13(4-2-8-18-16)11-19-9-3-5-12-10-14(17)6-7-15(12)19/h2,4,6-8,10H,3,5,9,11,17H2,1H3. The van der Waals surface area contributed by atoms with Crippen LogP contribution in [0.5, 0.6) is 5.88 Å². The van der Waals surface area contributed by atoms with E-state index in [0.717, 1.165) is 37.2 Å². The van der Waals surface area contributed by atoms with Gasteiger partial charge in [0, 0.05) is 36.2 Å². The lowest BCUT2D eigenvalue weighted by molar-refractivity contribution is 0.392. The Labute approximate surface area is 119 Å². The number of nitrogen functional groups attached to an aromatic ring is 1. The van der Waals surface area contributed by atoms with Crippen LogP contribution in [0.2, 0.25) is 0 Å². The van der Waals surface area contributed by atoms with Crippen LogP contribution in [-0.2, 0) is 13.0 Å². The first kappa shape index (κ1) is 12.8. The first-order valence-corrected chi connectivity index (χ1v) is 6.89. The molecule has 3 rings (SSSR count). The van der Waals surface area contributed by atoms with Crippen LogP contribution in [0.4, 0.5) is 11.4 Å². The summed E-state index contributed by atoms with van der Waals surface area (Å²) >= 11 is 0. The fraction of sp³-hybridized carbons (Fsp3) is 0.312. The van der Waals surface area contributed by atoms with Crippen LogP contribution in [-0.4, -0.2) is 18.6 Å². The average molecular weight is 269 g/mol. The fourth-order valence-electron chi connectivity index (χ4n) is 2.79. The zero-order valence-corrected chi connectivity index (χ0v) is 11.7. The minimum atomic E-state index is 0.704. The highest BCUT2D eigenvalue weighted by Gasteiger charge is 2.18. The summed E-state index contributed by atoms with van der Waals surface area (Å²) in [5.74, 6) is 0.704. The number of ether oxygens (including phenoxy) is 1. The monoisotopic (exact) mass is 269 g/mol. The third kappa shape index (κ3) is 2.41. The molecule has 0 bridgehead atoms. The summed E-state index contributed by atoms with van der Waals surface area (Å²) < 4.78 is 5.34. The lowest BCUT2D eigenvalue weighted by atomic mass is 10.0. The first-order chi connectivity index (χ1) is 9.78. The highest BCUT2D eigenvalue weighted by molar-refractivity contribution is 5.61. The molecule has 0 spiro atoms. The number of benzene rings is 1. The molecule has 0 amide bonds. The number of nitrogens with zero attached hydrogens (tertiary/aromatic N) is 2. The number of nitrogens with two attached hydrogens (primary N) is 1. The smallest absolute Gasteiger partial charge is 0.218 e. The minimum absolute atomic E-state index is 0.704. The number of aryl methyl sites for hydroxylation is 1. The lowest BCUT2D eigenvalue weighted by Crippen LogP contribution is -2.29. The van der Waals surface area contributed by atoms with Gasteiger partial charge in [-0.25, -0.2) is 4.98 Å². The third-order valence-corrected chi connectivity index (χ3v) is 3.72. The van der Waals surface area contributed by atoms with Crippen LogP contribution in [0.25, 0.3) is 0 Å². The van der Waals surface area contributed by atoms with Gasteiger partial charge in [-0.3, -0.25) is 0 Å². The maximum atomic E-state index is 5.88. The van der Waals surface area contributed by atoms with E-state index in [-0.39, 0.29) is 0 Å². The number of methoxy groups -OCH3 is 1. The van der Waals surface area contributed by atoms with E-state index in [1.54, 1.807) is 13.3 Å². The Morgan fingerprint density at radius 3 is 3.10 bits per heavy atom. The topological polar surface area (TPSA) is 51.4 Å². The van der Waals surface area contributed by atoms with Crippen molar-refractivity contribution in [2.75, 3.05) is 24.3 Å². The van der Waals surface area contributed by atoms with Gasteiger partial charge >= 0.3 is 0 Å². The van der Waals surface area contributed by atoms with E-state index >= 15 is 0 Å². The molecule has 2 N–H and O–H groups in total. The molecule has 0 unspecified atom stereocenters. The first-order valence-electron chi connectivity index (χ1n) is 6.89. The molecular formula is C16H19N3O. The predicted octanol–water partition coefficient (Wildman–Crippen LogP) is 2.63. The van der Waals surface area contributed by atoms with Crippen molar-refractivity contribution in [1.29, 1.82) is 0 Å². The van der Waals surface area contributed by atoms with E-state index < -0.39 is 0 Å². The number of anilines is 2. The molecule has 0 fully saturated rings. The van der Waals surface area contributed by atoms with Gasteiger partial charge in [0.05, 0.1) is 7.11 Å². The Morgan fingerprint density at radius 2 is 2.25 bits per heavy atom. The van der Waals surface area contributed by atoms with E-state index in [1.807, 2.05) is 12.1 Å². The summed E-state index contributed by atoms with van der Waals surface area (Å²) in [6.07, 6.45) is 4.01. The van der Waals surface area contributed by atoms with Crippen molar-refractivity contribution in [3.05, 3.63) is 47.7 Å². The predicted molar refractivity (Wildman–Crippen MR) is 81.0 cm³/mol. The molecule has 4 heteroatoms. The molecule has 4 nitrogen and oxygen atoms in total. The van der Waals surface area contributed by atoms with Gasteiger partial charge in [-0.15, -0.1) is 0 Å². The summed E-state index contributed by atoms with van der Waals surface area (Å²) in [5, 5.41) is 0. The van der Waals surface area contributed by atoms with Crippen LogP contribution in [0.1, 0.15) is 17.5 Å². The van der Waals surface area contributed by atoms with Crippen molar-refractivity contribution >= 4 is 11.4 Å². The molecule has 20 heavy (non-hydrogen) atoms. The Kier molecular flexibility index (Phi) is 3.46. The molecule has 1 aliphatic rings. The van der Waals surface area contributed by atoms with Crippen LogP contribution < -0.4 is 15.4 Å². The Bertz CT molecular complexity index is 612. The van der Waals surface area contributed by atoms with Gasteiger partial charge in [0.15, 0.2) is 0 Å². The number of rotatable bonds is 3. The maximum Gasteiger partial charge on any atom is 0.218 e. The number of aromatic nitrogens is 1. The van der Waals surface area contributed by atoms with E-state index in [0.29, 0.717) is 5.88 Å². The second kappa shape index (κ2) is 5.41. The molecule has 0 saturated heterocycles. The van der Waals surface area contributed by atoms with Crippen LogP contribution in [0, 0.1) is 0 Å². The summed E-state index contributed by atoms with van der Waals surface area (Å²) in [6, 6.07) is 10.2. The molecule has 1 aliphatic heterocycles. The molecule has 2 aromatic rings. The molecular weight excluding hydrogens is 250 g/mol. The van der Waals surface area contributed by atoms with Crippen molar-refractivity contribution in [2.45, 2.75) is 19.4 Å². The van der Waals surface area contributed by atoms with Gasteiger partial charge in [-0.1, -0.05) is 6.07 Å². The van der Waals surface area contributed by atoms with E-state index in [4.69, 9.17) is 10.5 Å². The highest BCUT2D eigenvalue weighted by Crippen LogP contribution is 2.31. The highest BCUT2D eigenvalue weighted by atomic mass is 16.5. The van der Waals surface area contributed by atoms with Crippen molar-refractivity contribution < 1.29 is 4.74 Å². The molecule has 1 aromatic carbocycles. The van der Waals surface area contributed by atoms with E-state index in [1.165, 1.54) is 11.3 Å². The average Bonchev–Trinajstić information content (AvgIpc) is 2.47. The minimum Gasteiger partial charge on any atom is -0.481 e. The summed E-state index contributed by atoms with van der Waals surface area (Å²) in [7, 11) is 1.66. The van der Waals surface area contributed by atoms with Gasteiger partial charge in [0.2, 0.25) is 5.88 Å². The van der Waals surface area contributed by atoms with Crippen molar-refractivity contribution in [2.24, 2.45) is 0 Å². The van der Waals surface area contributed by atoms with Gasteiger partial charge in [-0.2, -0.15) is 0 Å². The van der Waals surface area contributed by atoms with Crippen molar-refractivity contribution in [3.63, 3.8) is 0 Å². The molecule has 0 saturated carbocycles. The Balaban J connectivity index is 1.89. The second-order valence-electron chi connectivity index (χ2n) is 5.09. The van der Waals surface area contributed by atoms with E-state index in [2.05, 4.69) is 28.1 Å². The molecule has 0 radical (unpaired) electrons. The van der Waals surface area contributed by atoms with Crippen LogP contribution in [0.3, 0.4) is 0 Å². The van der Waals surface area contributed by atoms with Gasteiger partial charge in [-0.05, 0) is 42.7 Å². The van der Waals surface area contributed by atoms with Crippen LogP contribution in [0.15, 0.2) is 36.5 Å². The zero-order valence-electron chi connectivity index (χ0n) is 11.7. The number of hydrogen-bond acceptors (Lipinski definition) is 4. The van der Waals surface area contributed by atoms with Gasteiger partial charge in [0.1, 0.15) is 0 Å². The fourth-order valence-corrected chi connectivity index (χ4v) is 2.79. The zero-order chi connectivity index (χ0) is 13.9. The Hall–Kier alpha value is -2.23. The number of fused-ring (bicyclic) bond motifs is 1. The van der Waals surface area contributed by atoms with Crippen LogP contribution >= 0.6 is 0 Å². The SMILES string of the molecule is COc1ncccc1CN1CCCc2cc(N)ccc21. The molecule has 0 aliphatic carbocycles. The van der Waals surface area contributed by atoms with Crippen molar-refractivity contribution in [1.82, 2.24) is 4.98 Å².